The Kier molecular flexibility index (Phi) is 7.82. The molecule has 0 aliphatic carbocycles. The van der Waals surface area contributed by atoms with Crippen molar-refractivity contribution in [3.05, 3.63) is 0 Å². The fourth-order valence-corrected chi connectivity index (χ4v) is 2.68. The van der Waals surface area contributed by atoms with Crippen LogP contribution in [0, 0.1) is 0 Å². The number of likely N-dealkylation sites (N-methyl/N-ethyl adjacent to an activating group) is 1. The van der Waals surface area contributed by atoms with Gasteiger partial charge in [-0.1, -0.05) is 20.3 Å². The summed E-state index contributed by atoms with van der Waals surface area (Å²) in [5, 5.41) is 3.39. The summed E-state index contributed by atoms with van der Waals surface area (Å²) in [6.45, 7) is 15.4. The zero-order chi connectivity index (χ0) is 12.5. The van der Waals surface area contributed by atoms with Gasteiger partial charge in [-0.3, -0.25) is 4.90 Å². The molecule has 0 radical (unpaired) electrons. The third kappa shape index (κ3) is 5.84. The molecule has 102 valence electrons. The molecule has 1 saturated heterocycles. The molecule has 1 atom stereocenters. The van der Waals surface area contributed by atoms with E-state index >= 15 is 0 Å². The molecule has 0 aromatic rings. The van der Waals surface area contributed by atoms with Crippen LogP contribution in [0.15, 0.2) is 0 Å². The van der Waals surface area contributed by atoms with Crippen molar-refractivity contribution in [3.8, 4) is 0 Å². The van der Waals surface area contributed by atoms with E-state index in [0.717, 1.165) is 12.6 Å². The number of unbranched alkanes of at least 4 members (excludes halogenated alkanes) is 2. The Morgan fingerprint density at radius 1 is 1.12 bits per heavy atom. The van der Waals surface area contributed by atoms with E-state index in [0.29, 0.717) is 0 Å². The molecule has 3 heteroatoms. The van der Waals surface area contributed by atoms with Gasteiger partial charge in [0, 0.05) is 25.7 Å². The van der Waals surface area contributed by atoms with Gasteiger partial charge in [0.05, 0.1) is 0 Å². The molecule has 17 heavy (non-hydrogen) atoms. The smallest absolute Gasteiger partial charge is 0.0195 e. The second-order valence-corrected chi connectivity index (χ2v) is 5.19. The first kappa shape index (κ1) is 14.9. The summed E-state index contributed by atoms with van der Waals surface area (Å²) in [4.78, 5) is 5.23. The van der Waals surface area contributed by atoms with Crippen molar-refractivity contribution < 1.29 is 0 Å². The molecule has 3 nitrogen and oxygen atoms in total. The summed E-state index contributed by atoms with van der Waals surface area (Å²) in [6.07, 6.45) is 4.07. The lowest BCUT2D eigenvalue weighted by atomic mass is 10.1. The molecule has 0 aromatic carbocycles. The maximum Gasteiger partial charge on any atom is 0.0195 e. The molecule has 1 N–H and O–H groups in total. The predicted octanol–water partition coefficient (Wildman–Crippen LogP) is 1.79. The SMILES string of the molecule is CCNCCCCCN1CCN(CC)C(C)C1. The van der Waals surface area contributed by atoms with Gasteiger partial charge < -0.3 is 10.2 Å². The fraction of sp³-hybridized carbons (Fsp3) is 1.00. The summed E-state index contributed by atoms with van der Waals surface area (Å²) in [6, 6.07) is 0.746. The minimum Gasteiger partial charge on any atom is -0.317 e. The minimum absolute atomic E-state index is 0.746. The van der Waals surface area contributed by atoms with Crippen LogP contribution in [0.5, 0.6) is 0 Å². The normalized spacial score (nSPS) is 23.1. The van der Waals surface area contributed by atoms with Gasteiger partial charge in [-0.15, -0.1) is 0 Å². The third-order valence-corrected chi connectivity index (χ3v) is 3.83. The number of hydrogen-bond donors (Lipinski definition) is 1. The van der Waals surface area contributed by atoms with Gasteiger partial charge in [-0.2, -0.15) is 0 Å². The van der Waals surface area contributed by atoms with E-state index in [9.17, 15) is 0 Å². The molecule has 0 aromatic heterocycles. The van der Waals surface area contributed by atoms with Crippen molar-refractivity contribution in [3.63, 3.8) is 0 Å². The molecule has 1 fully saturated rings. The standard InChI is InChI=1S/C14H31N3/c1-4-15-9-7-6-8-10-16-11-12-17(5-2)14(3)13-16/h14-15H,4-13H2,1-3H3. The van der Waals surface area contributed by atoms with Crippen molar-refractivity contribution >= 4 is 0 Å². The second-order valence-electron chi connectivity index (χ2n) is 5.19. The number of nitrogens with one attached hydrogen (secondary N) is 1. The van der Waals surface area contributed by atoms with E-state index in [1.54, 1.807) is 0 Å². The number of piperazine rings is 1. The van der Waals surface area contributed by atoms with Crippen LogP contribution in [0.4, 0.5) is 0 Å². The summed E-state index contributed by atoms with van der Waals surface area (Å²) >= 11 is 0. The predicted molar refractivity (Wildman–Crippen MR) is 75.5 cm³/mol. The third-order valence-electron chi connectivity index (χ3n) is 3.83. The molecule has 0 spiro atoms. The summed E-state index contributed by atoms with van der Waals surface area (Å²) in [5.74, 6) is 0. The van der Waals surface area contributed by atoms with Gasteiger partial charge in [0.25, 0.3) is 0 Å². The summed E-state index contributed by atoms with van der Waals surface area (Å²) < 4.78 is 0. The van der Waals surface area contributed by atoms with Crippen molar-refractivity contribution in [1.82, 2.24) is 15.1 Å². The Hall–Kier alpha value is -0.120. The Morgan fingerprint density at radius 2 is 1.94 bits per heavy atom. The van der Waals surface area contributed by atoms with Crippen LogP contribution < -0.4 is 5.32 Å². The van der Waals surface area contributed by atoms with Crippen molar-refractivity contribution in [1.29, 1.82) is 0 Å². The van der Waals surface area contributed by atoms with Crippen LogP contribution in [0.3, 0.4) is 0 Å². The van der Waals surface area contributed by atoms with E-state index in [1.165, 1.54) is 58.5 Å². The monoisotopic (exact) mass is 241 g/mol. The maximum absolute atomic E-state index is 3.39. The number of hydrogen-bond acceptors (Lipinski definition) is 3. The summed E-state index contributed by atoms with van der Waals surface area (Å²) in [7, 11) is 0. The lowest BCUT2D eigenvalue weighted by molar-refractivity contribution is 0.0869. The van der Waals surface area contributed by atoms with Crippen LogP contribution in [0.25, 0.3) is 0 Å². The molecule has 1 aliphatic rings. The lowest BCUT2D eigenvalue weighted by Crippen LogP contribution is -2.51. The molecular formula is C14H31N3. The molecule has 1 unspecified atom stereocenters. The lowest BCUT2D eigenvalue weighted by Gasteiger charge is -2.39. The van der Waals surface area contributed by atoms with Crippen molar-refractivity contribution in [2.45, 2.75) is 46.1 Å². The maximum atomic E-state index is 3.39. The topological polar surface area (TPSA) is 18.5 Å². The van der Waals surface area contributed by atoms with Gasteiger partial charge in [0.1, 0.15) is 0 Å². The molecule has 0 saturated carbocycles. The Bertz CT molecular complexity index is 184. The van der Waals surface area contributed by atoms with Gasteiger partial charge in [0.2, 0.25) is 0 Å². The first-order valence-electron chi connectivity index (χ1n) is 7.45. The van der Waals surface area contributed by atoms with Crippen LogP contribution in [-0.4, -0.2) is 61.7 Å². The second kappa shape index (κ2) is 8.90. The summed E-state index contributed by atoms with van der Waals surface area (Å²) in [5.41, 5.74) is 0. The Morgan fingerprint density at radius 3 is 2.59 bits per heavy atom. The van der Waals surface area contributed by atoms with E-state index in [-0.39, 0.29) is 0 Å². The number of rotatable bonds is 8. The van der Waals surface area contributed by atoms with E-state index in [1.807, 2.05) is 0 Å². The van der Waals surface area contributed by atoms with Gasteiger partial charge >= 0.3 is 0 Å². The number of nitrogens with zero attached hydrogens (tertiary/aromatic N) is 2. The largest absolute Gasteiger partial charge is 0.317 e. The van der Waals surface area contributed by atoms with Crippen molar-refractivity contribution in [2.24, 2.45) is 0 Å². The van der Waals surface area contributed by atoms with Crippen LogP contribution >= 0.6 is 0 Å². The van der Waals surface area contributed by atoms with E-state index < -0.39 is 0 Å². The highest BCUT2D eigenvalue weighted by molar-refractivity contribution is 4.78. The first-order chi connectivity index (χ1) is 8.27. The van der Waals surface area contributed by atoms with Crippen molar-refractivity contribution in [2.75, 3.05) is 45.8 Å². The van der Waals surface area contributed by atoms with E-state index in [2.05, 4.69) is 35.9 Å². The quantitative estimate of drug-likeness (QED) is 0.654. The average Bonchev–Trinajstić information content (AvgIpc) is 2.34. The molecule has 0 bridgehead atoms. The Labute approximate surface area is 108 Å². The van der Waals surface area contributed by atoms with Crippen LogP contribution in [0.2, 0.25) is 0 Å². The van der Waals surface area contributed by atoms with Gasteiger partial charge in [0.15, 0.2) is 0 Å². The highest BCUT2D eigenvalue weighted by Crippen LogP contribution is 2.09. The fourth-order valence-electron chi connectivity index (χ4n) is 2.68. The molecule has 1 rings (SSSR count). The van der Waals surface area contributed by atoms with Gasteiger partial charge in [-0.05, 0) is 45.9 Å². The average molecular weight is 241 g/mol. The molecule has 1 aliphatic heterocycles. The zero-order valence-corrected chi connectivity index (χ0v) is 12.0. The zero-order valence-electron chi connectivity index (χ0n) is 12.0. The highest BCUT2D eigenvalue weighted by atomic mass is 15.3. The van der Waals surface area contributed by atoms with Gasteiger partial charge in [-0.25, -0.2) is 0 Å². The van der Waals surface area contributed by atoms with Crippen LogP contribution in [0.1, 0.15) is 40.0 Å². The highest BCUT2D eigenvalue weighted by Gasteiger charge is 2.21. The van der Waals surface area contributed by atoms with Crippen LogP contribution in [-0.2, 0) is 0 Å². The first-order valence-corrected chi connectivity index (χ1v) is 7.45. The van der Waals surface area contributed by atoms with E-state index in [4.69, 9.17) is 0 Å². The molecule has 1 heterocycles. The minimum atomic E-state index is 0.746. The molecule has 0 amide bonds. The Balaban J connectivity index is 2.01. The molecular weight excluding hydrogens is 210 g/mol.